The average molecular weight is 286 g/mol. The molecule has 1 heterocycles. The second-order valence-electron chi connectivity index (χ2n) is 4.39. The Morgan fingerprint density at radius 3 is 2.62 bits per heavy atom. The molecule has 2 rings (SSSR count). The first-order chi connectivity index (χ1) is 10.1. The summed E-state index contributed by atoms with van der Waals surface area (Å²) in [5.41, 5.74) is 7.34. The Morgan fingerprint density at radius 2 is 2.00 bits per heavy atom. The Labute approximate surface area is 121 Å². The molecule has 0 aliphatic heterocycles. The van der Waals surface area contributed by atoms with Gasteiger partial charge in [0.25, 0.3) is 11.6 Å². The maximum Gasteiger partial charge on any atom is 0.269 e. The third-order valence-electron chi connectivity index (χ3n) is 2.95. The largest absolute Gasteiger partial charge is 0.398 e. The van der Waals surface area contributed by atoms with Crippen LogP contribution in [0.15, 0.2) is 42.7 Å². The normalized spacial score (nSPS) is 10.1. The Morgan fingerprint density at radius 1 is 1.29 bits per heavy atom. The van der Waals surface area contributed by atoms with E-state index in [2.05, 4.69) is 10.3 Å². The van der Waals surface area contributed by atoms with Gasteiger partial charge in [0.2, 0.25) is 0 Å². The first-order valence-corrected chi connectivity index (χ1v) is 6.29. The van der Waals surface area contributed by atoms with E-state index in [1.54, 1.807) is 18.2 Å². The van der Waals surface area contributed by atoms with E-state index in [4.69, 9.17) is 5.73 Å². The number of benzene rings is 1. The molecule has 0 unspecified atom stereocenters. The van der Waals surface area contributed by atoms with Crippen molar-refractivity contribution in [2.75, 3.05) is 12.3 Å². The summed E-state index contributed by atoms with van der Waals surface area (Å²) in [6, 6.07) is 7.78. The second kappa shape index (κ2) is 6.47. The summed E-state index contributed by atoms with van der Waals surface area (Å²) in [6.07, 6.45) is 3.50. The molecule has 0 radical (unpaired) electrons. The Hall–Kier alpha value is -2.96. The fourth-order valence-corrected chi connectivity index (χ4v) is 1.79. The molecule has 1 amide bonds. The van der Waals surface area contributed by atoms with Crippen LogP contribution in [0.5, 0.6) is 0 Å². The molecule has 0 atom stereocenters. The molecular weight excluding hydrogens is 272 g/mol. The molecular formula is C14H14N4O3. The van der Waals surface area contributed by atoms with Gasteiger partial charge in [-0.2, -0.15) is 0 Å². The van der Waals surface area contributed by atoms with Crippen LogP contribution in [-0.2, 0) is 6.42 Å². The van der Waals surface area contributed by atoms with E-state index < -0.39 is 4.92 Å². The van der Waals surface area contributed by atoms with Crippen LogP contribution in [0.3, 0.4) is 0 Å². The maximum atomic E-state index is 11.9. The lowest BCUT2D eigenvalue weighted by Crippen LogP contribution is -2.26. The molecule has 1 aromatic heterocycles. The van der Waals surface area contributed by atoms with Crippen LogP contribution in [0.25, 0.3) is 0 Å². The van der Waals surface area contributed by atoms with E-state index in [1.807, 2.05) is 0 Å². The third kappa shape index (κ3) is 3.75. The standard InChI is InChI=1S/C14H14N4O3/c15-13-6-7-16-9-12(13)14(19)17-8-5-10-1-3-11(4-2-10)18(20)21/h1-4,6-7,9H,5,8H2,(H2,15,16)(H,17,19). The van der Waals surface area contributed by atoms with Crippen molar-refractivity contribution in [2.24, 2.45) is 0 Å². The number of pyridine rings is 1. The van der Waals surface area contributed by atoms with Crippen molar-refractivity contribution in [3.8, 4) is 0 Å². The van der Waals surface area contributed by atoms with Gasteiger partial charge in [-0.15, -0.1) is 0 Å². The van der Waals surface area contributed by atoms with Gasteiger partial charge < -0.3 is 11.1 Å². The van der Waals surface area contributed by atoms with Crippen LogP contribution in [0.2, 0.25) is 0 Å². The Bertz CT molecular complexity index is 656. The fraction of sp³-hybridized carbons (Fsp3) is 0.143. The quantitative estimate of drug-likeness (QED) is 0.639. The summed E-state index contributed by atoms with van der Waals surface area (Å²) < 4.78 is 0. The molecule has 2 aromatic rings. The van der Waals surface area contributed by atoms with Gasteiger partial charge in [-0.3, -0.25) is 19.9 Å². The minimum Gasteiger partial charge on any atom is -0.398 e. The lowest BCUT2D eigenvalue weighted by atomic mass is 10.1. The molecule has 0 fully saturated rings. The van der Waals surface area contributed by atoms with Gasteiger partial charge >= 0.3 is 0 Å². The number of nitrogens with two attached hydrogens (primary N) is 1. The molecule has 0 saturated carbocycles. The number of non-ortho nitro benzene ring substituents is 1. The molecule has 21 heavy (non-hydrogen) atoms. The summed E-state index contributed by atoms with van der Waals surface area (Å²) in [5.74, 6) is -0.289. The summed E-state index contributed by atoms with van der Waals surface area (Å²) in [6.45, 7) is 0.408. The highest BCUT2D eigenvalue weighted by atomic mass is 16.6. The van der Waals surface area contributed by atoms with Crippen molar-refractivity contribution in [1.82, 2.24) is 10.3 Å². The smallest absolute Gasteiger partial charge is 0.269 e. The second-order valence-corrected chi connectivity index (χ2v) is 4.39. The van der Waals surface area contributed by atoms with E-state index in [0.717, 1.165) is 5.56 Å². The Balaban J connectivity index is 1.88. The van der Waals surface area contributed by atoms with Crippen molar-refractivity contribution in [3.05, 3.63) is 64.0 Å². The van der Waals surface area contributed by atoms with E-state index >= 15 is 0 Å². The lowest BCUT2D eigenvalue weighted by Gasteiger charge is -2.07. The minimum atomic E-state index is -0.448. The van der Waals surface area contributed by atoms with Crippen LogP contribution >= 0.6 is 0 Å². The number of carbonyl (C=O) groups excluding carboxylic acids is 1. The molecule has 0 spiro atoms. The Kier molecular flexibility index (Phi) is 4.45. The van der Waals surface area contributed by atoms with Crippen molar-refractivity contribution in [2.45, 2.75) is 6.42 Å². The van der Waals surface area contributed by atoms with E-state index in [1.165, 1.54) is 24.5 Å². The third-order valence-corrected chi connectivity index (χ3v) is 2.95. The van der Waals surface area contributed by atoms with Gasteiger partial charge in [0.05, 0.1) is 10.5 Å². The van der Waals surface area contributed by atoms with Gasteiger partial charge in [-0.05, 0) is 18.1 Å². The van der Waals surface area contributed by atoms with Crippen LogP contribution < -0.4 is 11.1 Å². The minimum absolute atomic E-state index is 0.0471. The van der Waals surface area contributed by atoms with Crippen LogP contribution in [0.4, 0.5) is 11.4 Å². The number of hydrogen-bond acceptors (Lipinski definition) is 5. The SMILES string of the molecule is Nc1ccncc1C(=O)NCCc1ccc([N+](=O)[O-])cc1. The average Bonchev–Trinajstić information content (AvgIpc) is 2.48. The number of aromatic nitrogens is 1. The van der Waals surface area contributed by atoms with Crippen molar-refractivity contribution in [3.63, 3.8) is 0 Å². The zero-order valence-electron chi connectivity index (χ0n) is 11.2. The zero-order valence-corrected chi connectivity index (χ0v) is 11.2. The number of carbonyl (C=O) groups is 1. The van der Waals surface area contributed by atoms with Crippen LogP contribution in [0.1, 0.15) is 15.9 Å². The van der Waals surface area contributed by atoms with Gasteiger partial charge in [0.15, 0.2) is 0 Å². The van der Waals surface area contributed by atoms with Crippen LogP contribution in [0, 0.1) is 10.1 Å². The monoisotopic (exact) mass is 286 g/mol. The molecule has 0 aliphatic rings. The first-order valence-electron chi connectivity index (χ1n) is 6.29. The molecule has 1 aromatic carbocycles. The predicted octanol–water partition coefficient (Wildman–Crippen LogP) is 1.54. The molecule has 0 aliphatic carbocycles. The number of nitrogens with one attached hydrogen (secondary N) is 1. The molecule has 3 N–H and O–H groups in total. The highest BCUT2D eigenvalue weighted by molar-refractivity contribution is 5.98. The topological polar surface area (TPSA) is 111 Å². The summed E-state index contributed by atoms with van der Waals surface area (Å²) >= 11 is 0. The number of anilines is 1. The number of hydrogen-bond donors (Lipinski definition) is 2. The zero-order chi connectivity index (χ0) is 15.2. The fourth-order valence-electron chi connectivity index (χ4n) is 1.79. The van der Waals surface area contributed by atoms with Crippen molar-refractivity contribution < 1.29 is 9.72 Å². The number of nitro groups is 1. The summed E-state index contributed by atoms with van der Waals surface area (Å²) in [5, 5.41) is 13.3. The molecule has 0 saturated heterocycles. The molecule has 0 bridgehead atoms. The number of nitro benzene ring substituents is 1. The molecule has 7 nitrogen and oxygen atoms in total. The maximum absolute atomic E-state index is 11.9. The van der Waals surface area contributed by atoms with Crippen molar-refractivity contribution >= 4 is 17.3 Å². The van der Waals surface area contributed by atoms with E-state index in [0.29, 0.717) is 24.2 Å². The number of rotatable bonds is 5. The molecule has 7 heteroatoms. The van der Waals surface area contributed by atoms with Crippen LogP contribution in [-0.4, -0.2) is 22.4 Å². The lowest BCUT2D eigenvalue weighted by molar-refractivity contribution is -0.384. The summed E-state index contributed by atoms with van der Waals surface area (Å²) in [4.78, 5) is 25.8. The van der Waals surface area contributed by atoms with Gasteiger partial charge in [0, 0.05) is 36.8 Å². The highest BCUT2D eigenvalue weighted by Gasteiger charge is 2.09. The van der Waals surface area contributed by atoms with Crippen molar-refractivity contribution in [1.29, 1.82) is 0 Å². The highest BCUT2D eigenvalue weighted by Crippen LogP contribution is 2.12. The van der Waals surface area contributed by atoms with Gasteiger partial charge in [0.1, 0.15) is 0 Å². The first kappa shape index (κ1) is 14.4. The molecule has 108 valence electrons. The predicted molar refractivity (Wildman–Crippen MR) is 77.8 cm³/mol. The van der Waals surface area contributed by atoms with E-state index in [9.17, 15) is 14.9 Å². The number of amides is 1. The number of nitrogen functional groups attached to an aromatic ring is 1. The number of nitrogens with zero attached hydrogens (tertiary/aromatic N) is 2. The van der Waals surface area contributed by atoms with Gasteiger partial charge in [-0.1, -0.05) is 12.1 Å². The van der Waals surface area contributed by atoms with E-state index in [-0.39, 0.29) is 11.6 Å². The van der Waals surface area contributed by atoms with Gasteiger partial charge in [-0.25, -0.2) is 0 Å². The summed E-state index contributed by atoms with van der Waals surface area (Å²) in [7, 11) is 0.